The summed E-state index contributed by atoms with van der Waals surface area (Å²) in [7, 11) is -3.30. The molecule has 0 spiro atoms. The first kappa shape index (κ1) is 18.2. The molecule has 0 heterocycles. The van der Waals surface area contributed by atoms with Gasteiger partial charge in [-0.2, -0.15) is 0 Å². The standard InChI is InChI=1S/C18H17Cl2NO3S/c19-16-7-3-6-15(17(16)20)18(22)21-12-8-10-14(11-9-12)25(23,24)13-4-1-2-5-13/h3,6-11,13H,1-2,4-5H2,(H,21,22). The minimum Gasteiger partial charge on any atom is -0.322 e. The highest BCUT2D eigenvalue weighted by Crippen LogP contribution is 2.30. The molecular weight excluding hydrogens is 381 g/mol. The summed E-state index contributed by atoms with van der Waals surface area (Å²) < 4.78 is 25.1. The van der Waals surface area contributed by atoms with Crippen molar-refractivity contribution in [1.82, 2.24) is 0 Å². The van der Waals surface area contributed by atoms with Crippen LogP contribution >= 0.6 is 23.2 Å². The van der Waals surface area contributed by atoms with E-state index >= 15 is 0 Å². The van der Waals surface area contributed by atoms with Crippen molar-refractivity contribution in [2.45, 2.75) is 35.8 Å². The van der Waals surface area contributed by atoms with Gasteiger partial charge in [0.15, 0.2) is 9.84 Å². The Labute approximate surface area is 157 Å². The Morgan fingerprint density at radius 1 is 1.00 bits per heavy atom. The number of sulfone groups is 1. The van der Waals surface area contributed by atoms with Gasteiger partial charge < -0.3 is 5.32 Å². The van der Waals surface area contributed by atoms with Crippen molar-refractivity contribution in [3.8, 4) is 0 Å². The fourth-order valence-electron chi connectivity index (χ4n) is 3.00. The third-order valence-electron chi connectivity index (χ3n) is 4.38. The molecule has 25 heavy (non-hydrogen) atoms. The molecule has 7 heteroatoms. The highest BCUT2D eigenvalue weighted by molar-refractivity contribution is 7.92. The molecule has 2 aromatic carbocycles. The molecule has 2 aromatic rings. The van der Waals surface area contributed by atoms with E-state index in [-0.39, 0.29) is 20.7 Å². The monoisotopic (exact) mass is 397 g/mol. The Bertz CT molecular complexity index is 889. The largest absolute Gasteiger partial charge is 0.322 e. The van der Waals surface area contributed by atoms with Gasteiger partial charge in [-0.25, -0.2) is 8.42 Å². The normalized spacial score (nSPS) is 15.3. The van der Waals surface area contributed by atoms with Crippen LogP contribution in [0.25, 0.3) is 0 Å². The average molecular weight is 398 g/mol. The summed E-state index contributed by atoms with van der Waals surface area (Å²) in [5.74, 6) is -0.404. The fraction of sp³-hybridized carbons (Fsp3) is 0.278. The van der Waals surface area contributed by atoms with Crippen LogP contribution in [0.2, 0.25) is 10.0 Å². The number of hydrogen-bond donors (Lipinski definition) is 1. The maximum atomic E-state index is 12.6. The number of rotatable bonds is 4. The molecule has 1 fully saturated rings. The van der Waals surface area contributed by atoms with Crippen LogP contribution in [-0.2, 0) is 9.84 Å². The molecule has 3 rings (SSSR count). The maximum absolute atomic E-state index is 12.6. The van der Waals surface area contributed by atoms with E-state index in [2.05, 4.69) is 5.32 Å². The van der Waals surface area contributed by atoms with E-state index in [0.29, 0.717) is 23.6 Å². The number of carbonyl (C=O) groups excluding carboxylic acids is 1. The van der Waals surface area contributed by atoms with E-state index in [1.807, 2.05) is 0 Å². The SMILES string of the molecule is O=C(Nc1ccc(S(=O)(=O)C2CCCC2)cc1)c1cccc(Cl)c1Cl. The van der Waals surface area contributed by atoms with Gasteiger partial charge in [0.2, 0.25) is 0 Å². The van der Waals surface area contributed by atoms with Gasteiger partial charge >= 0.3 is 0 Å². The number of hydrogen-bond acceptors (Lipinski definition) is 3. The molecular formula is C18H17Cl2NO3S. The lowest BCUT2D eigenvalue weighted by atomic mass is 10.2. The third-order valence-corrected chi connectivity index (χ3v) is 7.48. The van der Waals surface area contributed by atoms with Crippen LogP contribution in [0, 0.1) is 0 Å². The molecule has 4 nitrogen and oxygen atoms in total. The van der Waals surface area contributed by atoms with Crippen molar-refractivity contribution >= 4 is 44.6 Å². The van der Waals surface area contributed by atoms with Crippen molar-refractivity contribution in [2.24, 2.45) is 0 Å². The molecule has 0 unspecified atom stereocenters. The first-order valence-corrected chi connectivity index (χ1v) is 10.3. The van der Waals surface area contributed by atoms with E-state index in [0.717, 1.165) is 12.8 Å². The minimum atomic E-state index is -3.30. The van der Waals surface area contributed by atoms with Crippen molar-refractivity contribution in [2.75, 3.05) is 5.32 Å². The predicted octanol–water partition coefficient (Wildman–Crippen LogP) is 4.96. The predicted molar refractivity (Wildman–Crippen MR) is 100 cm³/mol. The van der Waals surface area contributed by atoms with Crippen LogP contribution in [0.4, 0.5) is 5.69 Å². The number of halogens is 2. The van der Waals surface area contributed by atoms with Crippen LogP contribution in [-0.4, -0.2) is 19.6 Å². The molecule has 1 amide bonds. The van der Waals surface area contributed by atoms with Gasteiger partial charge in [-0.15, -0.1) is 0 Å². The number of benzene rings is 2. The van der Waals surface area contributed by atoms with Crippen molar-refractivity contribution in [1.29, 1.82) is 0 Å². The Hall–Kier alpha value is -1.56. The summed E-state index contributed by atoms with van der Waals surface area (Å²) in [6.07, 6.45) is 3.35. The molecule has 0 radical (unpaired) electrons. The molecule has 1 aliphatic carbocycles. The first-order chi connectivity index (χ1) is 11.9. The highest BCUT2D eigenvalue weighted by Gasteiger charge is 2.30. The second-order valence-corrected chi connectivity index (χ2v) is 9.04. The summed E-state index contributed by atoms with van der Waals surface area (Å²) >= 11 is 12.0. The van der Waals surface area contributed by atoms with E-state index in [1.54, 1.807) is 30.3 Å². The molecule has 1 aliphatic rings. The lowest BCUT2D eigenvalue weighted by Crippen LogP contribution is -2.18. The summed E-state index contributed by atoms with van der Waals surface area (Å²) in [6.45, 7) is 0. The lowest BCUT2D eigenvalue weighted by Gasteiger charge is -2.12. The van der Waals surface area contributed by atoms with E-state index in [4.69, 9.17) is 23.2 Å². The first-order valence-electron chi connectivity index (χ1n) is 7.99. The Balaban J connectivity index is 1.77. The van der Waals surface area contributed by atoms with Crippen LogP contribution < -0.4 is 5.32 Å². The molecule has 0 aromatic heterocycles. The van der Waals surface area contributed by atoms with E-state index in [9.17, 15) is 13.2 Å². The van der Waals surface area contributed by atoms with Gasteiger partial charge in [-0.05, 0) is 49.2 Å². The topological polar surface area (TPSA) is 63.2 Å². The second-order valence-electron chi connectivity index (χ2n) is 6.03. The Morgan fingerprint density at radius 2 is 1.64 bits per heavy atom. The quantitative estimate of drug-likeness (QED) is 0.792. The zero-order valence-corrected chi connectivity index (χ0v) is 15.7. The van der Waals surface area contributed by atoms with Crippen molar-refractivity contribution in [3.63, 3.8) is 0 Å². The Kier molecular flexibility index (Phi) is 5.37. The van der Waals surface area contributed by atoms with Gasteiger partial charge in [0.05, 0.1) is 25.8 Å². The Morgan fingerprint density at radius 3 is 2.28 bits per heavy atom. The van der Waals surface area contributed by atoms with Crippen LogP contribution in [0.1, 0.15) is 36.0 Å². The summed E-state index contributed by atoms with van der Waals surface area (Å²) in [5.41, 5.74) is 0.753. The van der Waals surface area contributed by atoms with Crippen LogP contribution in [0.3, 0.4) is 0 Å². The smallest absolute Gasteiger partial charge is 0.257 e. The molecule has 1 N–H and O–H groups in total. The molecule has 0 bridgehead atoms. The molecule has 0 atom stereocenters. The number of anilines is 1. The molecule has 132 valence electrons. The molecule has 0 saturated heterocycles. The van der Waals surface area contributed by atoms with Gasteiger partial charge in [0.1, 0.15) is 0 Å². The lowest BCUT2D eigenvalue weighted by molar-refractivity contribution is 0.102. The molecule has 0 aliphatic heterocycles. The van der Waals surface area contributed by atoms with Crippen LogP contribution in [0.5, 0.6) is 0 Å². The number of carbonyl (C=O) groups is 1. The van der Waals surface area contributed by atoms with E-state index < -0.39 is 15.7 Å². The zero-order valence-electron chi connectivity index (χ0n) is 13.3. The summed E-state index contributed by atoms with van der Waals surface area (Å²) in [6, 6.07) is 11.0. The number of amides is 1. The zero-order chi connectivity index (χ0) is 18.0. The van der Waals surface area contributed by atoms with E-state index in [1.165, 1.54) is 12.1 Å². The van der Waals surface area contributed by atoms with Crippen molar-refractivity contribution in [3.05, 3.63) is 58.1 Å². The third kappa shape index (κ3) is 3.84. The summed E-state index contributed by atoms with van der Waals surface area (Å²) in [5, 5.41) is 2.89. The maximum Gasteiger partial charge on any atom is 0.257 e. The highest BCUT2D eigenvalue weighted by atomic mass is 35.5. The second kappa shape index (κ2) is 7.36. The molecule has 1 saturated carbocycles. The fourth-order valence-corrected chi connectivity index (χ4v) is 5.24. The summed E-state index contributed by atoms with van der Waals surface area (Å²) in [4.78, 5) is 12.6. The van der Waals surface area contributed by atoms with Gasteiger partial charge in [0.25, 0.3) is 5.91 Å². The minimum absolute atomic E-state index is 0.182. The van der Waals surface area contributed by atoms with Gasteiger partial charge in [-0.3, -0.25) is 4.79 Å². The van der Waals surface area contributed by atoms with Crippen LogP contribution in [0.15, 0.2) is 47.4 Å². The van der Waals surface area contributed by atoms with Crippen molar-refractivity contribution < 1.29 is 13.2 Å². The van der Waals surface area contributed by atoms with Gasteiger partial charge in [-0.1, -0.05) is 42.1 Å². The van der Waals surface area contributed by atoms with Gasteiger partial charge in [0, 0.05) is 5.69 Å². The average Bonchev–Trinajstić information content (AvgIpc) is 3.13. The number of nitrogens with one attached hydrogen (secondary N) is 1.